The number of carboxylic acid groups (broad SMARTS) is 1. The molecule has 4 nitrogen and oxygen atoms in total. The number of amides is 1. The molecule has 1 unspecified atom stereocenters. The van der Waals surface area contributed by atoms with Crippen LogP contribution >= 0.6 is 23.2 Å². The number of benzene rings is 1. The third-order valence-corrected chi connectivity index (χ3v) is 2.87. The van der Waals surface area contributed by atoms with Crippen molar-refractivity contribution in [2.75, 3.05) is 5.32 Å². The van der Waals surface area contributed by atoms with Crippen molar-refractivity contribution >= 4 is 40.8 Å². The lowest BCUT2D eigenvalue weighted by Crippen LogP contribution is -2.17. The lowest BCUT2D eigenvalue weighted by molar-refractivity contribution is -0.138. The van der Waals surface area contributed by atoms with Gasteiger partial charge >= 0.3 is 5.97 Å². The van der Waals surface area contributed by atoms with E-state index in [-0.39, 0.29) is 40.4 Å². The number of carbonyl (C=O) groups excluding carboxylic acids is 1. The zero-order chi connectivity index (χ0) is 14.6. The summed E-state index contributed by atoms with van der Waals surface area (Å²) in [6, 6.07) is 2.48. The van der Waals surface area contributed by atoms with E-state index >= 15 is 0 Å². The van der Waals surface area contributed by atoms with Crippen molar-refractivity contribution in [2.45, 2.75) is 19.8 Å². The van der Waals surface area contributed by atoms with Crippen LogP contribution in [0.3, 0.4) is 0 Å². The van der Waals surface area contributed by atoms with Gasteiger partial charge in [-0.2, -0.15) is 0 Å². The van der Waals surface area contributed by atoms with E-state index in [2.05, 4.69) is 5.32 Å². The standard InChI is InChI=1S/C12H12Cl2FNO3/c1-6(3-11(18)19)2-10(17)16-7-4-8(13)12(15)9(14)5-7/h4-6H,2-3H2,1H3,(H,16,17)(H,18,19). The summed E-state index contributed by atoms with van der Waals surface area (Å²) in [7, 11) is 0. The number of rotatable bonds is 5. The second-order valence-electron chi connectivity index (χ2n) is 4.21. The molecule has 0 aromatic heterocycles. The van der Waals surface area contributed by atoms with Crippen molar-refractivity contribution < 1.29 is 19.1 Å². The quantitative estimate of drug-likeness (QED) is 0.817. The number of anilines is 1. The average Bonchev–Trinajstić information content (AvgIpc) is 2.23. The summed E-state index contributed by atoms with van der Waals surface area (Å²) in [4.78, 5) is 22.1. The van der Waals surface area contributed by atoms with E-state index in [0.717, 1.165) is 0 Å². The first-order valence-electron chi connectivity index (χ1n) is 5.45. The highest BCUT2D eigenvalue weighted by atomic mass is 35.5. The number of carboxylic acids is 1. The Morgan fingerprint density at radius 1 is 1.32 bits per heavy atom. The zero-order valence-electron chi connectivity index (χ0n) is 10.0. The summed E-state index contributed by atoms with van der Waals surface area (Å²) in [5.74, 6) is -2.40. The van der Waals surface area contributed by atoms with Crippen LogP contribution in [0.25, 0.3) is 0 Å². The van der Waals surface area contributed by atoms with Crippen LogP contribution in [0.4, 0.5) is 10.1 Å². The van der Waals surface area contributed by atoms with Gasteiger partial charge in [0, 0.05) is 18.5 Å². The lowest BCUT2D eigenvalue weighted by atomic mass is 10.0. The van der Waals surface area contributed by atoms with Crippen molar-refractivity contribution in [1.29, 1.82) is 0 Å². The van der Waals surface area contributed by atoms with Gasteiger partial charge in [0.05, 0.1) is 10.0 Å². The number of halogens is 3. The zero-order valence-corrected chi connectivity index (χ0v) is 11.6. The molecule has 2 N–H and O–H groups in total. The monoisotopic (exact) mass is 307 g/mol. The van der Waals surface area contributed by atoms with Gasteiger partial charge in [0.15, 0.2) is 5.82 Å². The van der Waals surface area contributed by atoms with Crippen molar-refractivity contribution in [3.8, 4) is 0 Å². The van der Waals surface area contributed by atoms with E-state index in [9.17, 15) is 14.0 Å². The van der Waals surface area contributed by atoms with Crippen LogP contribution < -0.4 is 5.32 Å². The maximum absolute atomic E-state index is 13.2. The van der Waals surface area contributed by atoms with Crippen LogP contribution in [-0.2, 0) is 9.59 Å². The Kier molecular flexibility index (Phi) is 5.57. The van der Waals surface area contributed by atoms with E-state index in [0.29, 0.717) is 0 Å². The molecule has 1 aromatic carbocycles. The molecule has 1 amide bonds. The molecule has 19 heavy (non-hydrogen) atoms. The van der Waals surface area contributed by atoms with E-state index in [1.54, 1.807) is 6.92 Å². The second-order valence-corrected chi connectivity index (χ2v) is 5.02. The molecule has 0 aliphatic carbocycles. The fourth-order valence-electron chi connectivity index (χ4n) is 1.53. The smallest absolute Gasteiger partial charge is 0.303 e. The molecule has 0 aliphatic heterocycles. The summed E-state index contributed by atoms with van der Waals surface area (Å²) in [5.41, 5.74) is 0.268. The van der Waals surface area contributed by atoms with Gasteiger partial charge in [0.2, 0.25) is 5.91 Å². The average molecular weight is 308 g/mol. The van der Waals surface area contributed by atoms with Gasteiger partial charge in [0.25, 0.3) is 0 Å². The number of aliphatic carboxylic acids is 1. The van der Waals surface area contributed by atoms with Crippen LogP contribution in [0.2, 0.25) is 10.0 Å². The largest absolute Gasteiger partial charge is 0.481 e. The number of carbonyl (C=O) groups is 2. The van der Waals surface area contributed by atoms with Crippen LogP contribution in [0, 0.1) is 11.7 Å². The van der Waals surface area contributed by atoms with E-state index < -0.39 is 11.8 Å². The number of hydrogen-bond acceptors (Lipinski definition) is 2. The SMILES string of the molecule is CC(CC(=O)O)CC(=O)Nc1cc(Cl)c(F)c(Cl)c1. The Morgan fingerprint density at radius 3 is 2.32 bits per heavy atom. The van der Waals surface area contributed by atoms with Crippen LogP contribution in [0.5, 0.6) is 0 Å². The highest BCUT2D eigenvalue weighted by Gasteiger charge is 2.14. The highest BCUT2D eigenvalue weighted by molar-refractivity contribution is 6.35. The van der Waals surface area contributed by atoms with Gasteiger partial charge in [-0.25, -0.2) is 4.39 Å². The molecule has 0 spiro atoms. The summed E-state index contributed by atoms with van der Waals surface area (Å²) in [6.07, 6.45) is -0.0583. The van der Waals surface area contributed by atoms with Gasteiger partial charge in [-0.05, 0) is 18.1 Å². The summed E-state index contributed by atoms with van der Waals surface area (Å²) in [5, 5.41) is 10.7. The van der Waals surface area contributed by atoms with Gasteiger partial charge in [-0.1, -0.05) is 30.1 Å². The Balaban J connectivity index is 2.65. The minimum absolute atomic E-state index is 0.0406. The minimum Gasteiger partial charge on any atom is -0.481 e. The minimum atomic E-state index is -0.965. The molecule has 0 saturated heterocycles. The fourth-order valence-corrected chi connectivity index (χ4v) is 2.01. The first kappa shape index (κ1) is 15.7. The first-order valence-corrected chi connectivity index (χ1v) is 6.21. The Morgan fingerprint density at radius 2 is 1.84 bits per heavy atom. The van der Waals surface area contributed by atoms with Crippen molar-refractivity contribution in [2.24, 2.45) is 5.92 Å². The predicted molar refractivity (Wildman–Crippen MR) is 71.1 cm³/mol. The Labute approximate surface area is 119 Å². The van der Waals surface area contributed by atoms with E-state index in [1.165, 1.54) is 12.1 Å². The molecule has 0 fully saturated rings. The lowest BCUT2D eigenvalue weighted by Gasteiger charge is -2.10. The molecule has 1 rings (SSSR count). The van der Waals surface area contributed by atoms with Crippen molar-refractivity contribution in [1.82, 2.24) is 0 Å². The van der Waals surface area contributed by atoms with Gasteiger partial charge < -0.3 is 10.4 Å². The number of nitrogens with one attached hydrogen (secondary N) is 1. The molecule has 1 aromatic rings. The fraction of sp³-hybridized carbons (Fsp3) is 0.333. The maximum Gasteiger partial charge on any atom is 0.303 e. The van der Waals surface area contributed by atoms with Gasteiger partial charge in [-0.3, -0.25) is 9.59 Å². The maximum atomic E-state index is 13.2. The summed E-state index contributed by atoms with van der Waals surface area (Å²) < 4.78 is 13.2. The molecule has 104 valence electrons. The van der Waals surface area contributed by atoms with E-state index in [1.807, 2.05) is 0 Å². The highest BCUT2D eigenvalue weighted by Crippen LogP contribution is 2.27. The van der Waals surface area contributed by atoms with Crippen LogP contribution in [0.1, 0.15) is 19.8 Å². The normalized spacial score (nSPS) is 12.0. The number of hydrogen-bond donors (Lipinski definition) is 2. The molecule has 0 aliphatic rings. The summed E-state index contributed by atoms with van der Waals surface area (Å²) in [6.45, 7) is 1.65. The Hall–Kier alpha value is -1.33. The molecule has 0 saturated carbocycles. The van der Waals surface area contributed by atoms with Crippen LogP contribution in [-0.4, -0.2) is 17.0 Å². The first-order chi connectivity index (χ1) is 8.79. The molecule has 0 bridgehead atoms. The van der Waals surface area contributed by atoms with Gasteiger partial charge in [-0.15, -0.1) is 0 Å². The van der Waals surface area contributed by atoms with Crippen molar-refractivity contribution in [3.05, 3.63) is 28.0 Å². The predicted octanol–water partition coefficient (Wildman–Crippen LogP) is 3.57. The van der Waals surface area contributed by atoms with Crippen LogP contribution in [0.15, 0.2) is 12.1 Å². The molecule has 0 radical (unpaired) electrons. The van der Waals surface area contributed by atoms with Crippen molar-refractivity contribution in [3.63, 3.8) is 0 Å². The third-order valence-electron chi connectivity index (χ3n) is 2.32. The molecule has 1 atom stereocenters. The summed E-state index contributed by atoms with van der Waals surface area (Å²) >= 11 is 11.2. The third kappa shape index (κ3) is 5.04. The topological polar surface area (TPSA) is 66.4 Å². The Bertz CT molecular complexity index is 485. The second kappa shape index (κ2) is 6.73. The van der Waals surface area contributed by atoms with Gasteiger partial charge in [0.1, 0.15) is 0 Å². The van der Waals surface area contributed by atoms with E-state index in [4.69, 9.17) is 28.3 Å². The molecular weight excluding hydrogens is 296 g/mol. The molecular formula is C12H12Cl2FNO3. The molecule has 0 heterocycles. The molecule has 7 heteroatoms.